The number of anilines is 1. The average molecular weight is 569 g/mol. The molecule has 1 saturated carbocycles. The molecule has 1 aliphatic carbocycles. The number of benzene rings is 2. The van der Waals surface area contributed by atoms with E-state index in [1.54, 1.807) is 18.3 Å². The van der Waals surface area contributed by atoms with Gasteiger partial charge < -0.3 is 16.0 Å². The van der Waals surface area contributed by atoms with E-state index >= 15 is 0 Å². The summed E-state index contributed by atoms with van der Waals surface area (Å²) in [6.07, 6.45) is 11.9. The van der Waals surface area contributed by atoms with Crippen LogP contribution in [0.4, 0.5) is 5.95 Å². The van der Waals surface area contributed by atoms with E-state index in [1.807, 2.05) is 42.6 Å². The molecule has 0 unspecified atom stereocenters. The Morgan fingerprint density at radius 1 is 0.927 bits per heavy atom. The molecule has 0 bridgehead atoms. The predicted octanol–water partition coefficient (Wildman–Crippen LogP) is 5.76. The Bertz CT molecular complexity index is 1440. The molecule has 5 rings (SSSR count). The quantitative estimate of drug-likeness (QED) is 0.164. The number of hydrogen-bond acceptors (Lipinski definition) is 8. The molecule has 3 N–H and O–H groups in total. The van der Waals surface area contributed by atoms with Crippen molar-refractivity contribution in [3.63, 3.8) is 0 Å². The molecule has 0 radical (unpaired) electrons. The third-order valence-electron chi connectivity index (χ3n) is 6.78. The number of pyridine rings is 1. The fourth-order valence-electron chi connectivity index (χ4n) is 4.65. The van der Waals surface area contributed by atoms with Crippen molar-refractivity contribution in [3.05, 3.63) is 101 Å². The van der Waals surface area contributed by atoms with Gasteiger partial charge in [0.15, 0.2) is 5.62 Å². The third-order valence-corrected chi connectivity index (χ3v) is 7.43. The molecule has 2 aromatic heterocycles. The van der Waals surface area contributed by atoms with E-state index < -0.39 is 0 Å². The summed E-state index contributed by atoms with van der Waals surface area (Å²) in [6, 6.07) is 22.8. The van der Waals surface area contributed by atoms with E-state index in [9.17, 15) is 9.59 Å². The number of hydrogen-bond donors (Lipinski definition) is 3. The summed E-state index contributed by atoms with van der Waals surface area (Å²) < 4.78 is 0. The van der Waals surface area contributed by atoms with E-state index in [0.29, 0.717) is 29.8 Å². The van der Waals surface area contributed by atoms with Crippen molar-refractivity contribution in [1.29, 1.82) is 0 Å². The van der Waals surface area contributed by atoms with Gasteiger partial charge in [0.25, 0.3) is 5.91 Å². The number of amides is 1. The standard InChI is InChI=1S/C16H16N4O2S.C16H20N2/c1-17-15(22)14(23-11-21)9-13-7-8-18-16(20-13)19-10-12-5-3-2-4-6-12;1-2-9-15(10-3-1)18-12-14-7-4-6-13-8-5-11-17-16(13)14/h2-9,11H,10H2,1H3,(H,17,22)(H,18,19,20);4-8,11,15,18H,1-3,9-10,12H2/b14-9-;. The SMILES string of the molecule is CNC(=O)/C(=C/c1ccnc(NCc2ccccc2)n1)SC=O.c1cnc2c(CNC3CCCCC3)cccc2c1. The van der Waals surface area contributed by atoms with Crippen molar-refractivity contribution in [2.45, 2.75) is 51.2 Å². The molecule has 0 atom stereocenters. The van der Waals surface area contributed by atoms with Gasteiger partial charge in [-0.15, -0.1) is 0 Å². The molecule has 0 spiro atoms. The fraction of sp³-hybridized carbons (Fsp3) is 0.281. The normalized spacial score (nSPS) is 13.6. The number of nitrogens with one attached hydrogen (secondary N) is 3. The van der Waals surface area contributed by atoms with Gasteiger partial charge in [0.2, 0.25) is 5.95 Å². The number of likely N-dealkylation sites (N-methyl/N-ethyl adjacent to an activating group) is 1. The maximum Gasteiger partial charge on any atom is 0.257 e. The van der Waals surface area contributed by atoms with E-state index in [4.69, 9.17) is 0 Å². The largest absolute Gasteiger partial charge is 0.355 e. The lowest BCUT2D eigenvalue weighted by molar-refractivity contribution is -0.116. The second-order valence-electron chi connectivity index (χ2n) is 9.65. The highest BCUT2D eigenvalue weighted by Crippen LogP contribution is 2.20. The lowest BCUT2D eigenvalue weighted by Crippen LogP contribution is -2.30. The van der Waals surface area contributed by atoms with Gasteiger partial charge in [-0.05, 0) is 53.9 Å². The van der Waals surface area contributed by atoms with Crippen LogP contribution in [0.15, 0.2) is 84.0 Å². The lowest BCUT2D eigenvalue weighted by atomic mass is 9.95. The lowest BCUT2D eigenvalue weighted by Gasteiger charge is -2.23. The fourth-order valence-corrected chi connectivity index (χ4v) is 5.15. The number of nitrogens with zero attached hydrogens (tertiary/aromatic N) is 3. The minimum absolute atomic E-state index is 0.273. The van der Waals surface area contributed by atoms with Crippen molar-refractivity contribution < 1.29 is 9.59 Å². The van der Waals surface area contributed by atoms with Crippen molar-refractivity contribution in [3.8, 4) is 0 Å². The Balaban J connectivity index is 0.000000194. The van der Waals surface area contributed by atoms with Gasteiger partial charge in [-0.3, -0.25) is 14.6 Å². The van der Waals surface area contributed by atoms with E-state index in [1.165, 1.54) is 50.1 Å². The minimum Gasteiger partial charge on any atom is -0.355 e. The smallest absolute Gasteiger partial charge is 0.257 e. The Morgan fingerprint density at radius 2 is 1.73 bits per heavy atom. The van der Waals surface area contributed by atoms with Crippen LogP contribution in [0.3, 0.4) is 0 Å². The number of para-hydroxylation sites is 1. The second-order valence-corrected chi connectivity index (χ2v) is 10.5. The zero-order valence-electron chi connectivity index (χ0n) is 23.3. The highest BCUT2D eigenvalue weighted by molar-refractivity contribution is 8.16. The van der Waals surface area contributed by atoms with Gasteiger partial charge in [0.1, 0.15) is 0 Å². The van der Waals surface area contributed by atoms with Gasteiger partial charge in [0, 0.05) is 44.0 Å². The summed E-state index contributed by atoms with van der Waals surface area (Å²) in [4.78, 5) is 35.6. The zero-order chi connectivity index (χ0) is 28.7. The van der Waals surface area contributed by atoms with Crippen LogP contribution in [0.5, 0.6) is 0 Å². The molecule has 41 heavy (non-hydrogen) atoms. The summed E-state index contributed by atoms with van der Waals surface area (Å²) in [7, 11) is 1.51. The molecule has 8 nitrogen and oxygen atoms in total. The number of aromatic nitrogens is 3. The summed E-state index contributed by atoms with van der Waals surface area (Å²) >= 11 is 0.808. The Kier molecular flexibility index (Phi) is 11.8. The monoisotopic (exact) mass is 568 g/mol. The van der Waals surface area contributed by atoms with Crippen LogP contribution in [-0.4, -0.2) is 39.6 Å². The number of rotatable bonds is 10. The van der Waals surface area contributed by atoms with Gasteiger partial charge in [-0.25, -0.2) is 9.97 Å². The maximum atomic E-state index is 11.7. The Hall–Kier alpha value is -4.08. The minimum atomic E-state index is -0.334. The maximum absolute atomic E-state index is 11.7. The first-order valence-electron chi connectivity index (χ1n) is 13.9. The van der Waals surface area contributed by atoms with Crippen molar-refractivity contribution >= 4 is 46.2 Å². The summed E-state index contributed by atoms with van der Waals surface area (Å²) in [5, 5.41) is 10.5. The van der Waals surface area contributed by atoms with E-state index in [0.717, 1.165) is 29.4 Å². The molecule has 9 heteroatoms. The van der Waals surface area contributed by atoms with Crippen molar-refractivity contribution in [2.75, 3.05) is 12.4 Å². The zero-order valence-corrected chi connectivity index (χ0v) is 24.1. The van der Waals surface area contributed by atoms with Crippen LogP contribution in [0.25, 0.3) is 17.0 Å². The predicted molar refractivity (Wildman–Crippen MR) is 168 cm³/mol. The molecular weight excluding hydrogens is 532 g/mol. The highest BCUT2D eigenvalue weighted by atomic mass is 32.2. The van der Waals surface area contributed by atoms with Crippen molar-refractivity contribution in [2.24, 2.45) is 0 Å². The Labute approximate surface area is 245 Å². The van der Waals surface area contributed by atoms with Crippen LogP contribution in [-0.2, 0) is 22.7 Å². The van der Waals surface area contributed by atoms with Gasteiger partial charge in [-0.1, -0.05) is 73.9 Å². The molecule has 4 aromatic rings. The summed E-state index contributed by atoms with van der Waals surface area (Å²) in [5.41, 5.74) is 4.72. The van der Waals surface area contributed by atoms with Gasteiger partial charge >= 0.3 is 0 Å². The number of carbonyl (C=O) groups excluding carboxylic acids is 2. The van der Waals surface area contributed by atoms with Crippen molar-refractivity contribution in [1.82, 2.24) is 25.6 Å². The number of fused-ring (bicyclic) bond motifs is 1. The average Bonchev–Trinajstić information content (AvgIpc) is 3.03. The van der Waals surface area contributed by atoms with E-state index in [2.05, 4.69) is 55.2 Å². The van der Waals surface area contributed by atoms with Gasteiger partial charge in [0.05, 0.1) is 16.1 Å². The molecule has 2 heterocycles. The molecule has 0 saturated heterocycles. The summed E-state index contributed by atoms with van der Waals surface area (Å²) in [6.45, 7) is 1.54. The van der Waals surface area contributed by atoms with Crippen LogP contribution in [0.1, 0.15) is 48.9 Å². The number of carbonyl (C=O) groups is 2. The number of thioether (sulfide) groups is 1. The first-order valence-corrected chi connectivity index (χ1v) is 14.7. The topological polar surface area (TPSA) is 109 Å². The molecule has 212 valence electrons. The summed E-state index contributed by atoms with van der Waals surface area (Å²) in [5.74, 6) is 0.120. The molecule has 0 aliphatic heterocycles. The Morgan fingerprint density at radius 3 is 2.51 bits per heavy atom. The first-order chi connectivity index (χ1) is 20.2. The molecular formula is C32H36N6O2S. The first kappa shape index (κ1) is 29.9. The van der Waals surface area contributed by atoms with Crippen LogP contribution in [0, 0.1) is 0 Å². The molecule has 2 aromatic carbocycles. The third kappa shape index (κ3) is 9.51. The highest BCUT2D eigenvalue weighted by Gasteiger charge is 2.13. The van der Waals surface area contributed by atoms with Gasteiger partial charge in [-0.2, -0.15) is 0 Å². The second kappa shape index (κ2) is 16.2. The van der Waals surface area contributed by atoms with Crippen LogP contribution in [0.2, 0.25) is 0 Å². The molecule has 1 aliphatic rings. The van der Waals surface area contributed by atoms with Crippen LogP contribution >= 0.6 is 11.8 Å². The van der Waals surface area contributed by atoms with Crippen LogP contribution < -0.4 is 16.0 Å². The van der Waals surface area contributed by atoms with E-state index in [-0.39, 0.29) is 10.8 Å². The molecule has 1 amide bonds. The molecule has 1 fully saturated rings.